The molecule has 1 saturated heterocycles. The van der Waals surface area contributed by atoms with Gasteiger partial charge in [0.25, 0.3) is 0 Å². The molecule has 2 atom stereocenters. The van der Waals surface area contributed by atoms with Gasteiger partial charge in [0.1, 0.15) is 0 Å². The Labute approximate surface area is 130 Å². The summed E-state index contributed by atoms with van der Waals surface area (Å²) in [5.41, 5.74) is 0.460. The molecule has 1 aliphatic heterocycles. The van der Waals surface area contributed by atoms with Gasteiger partial charge in [0.05, 0.1) is 11.6 Å². The molecule has 0 spiro atoms. The van der Waals surface area contributed by atoms with E-state index in [4.69, 9.17) is 23.2 Å². The molecule has 0 saturated carbocycles. The van der Waals surface area contributed by atoms with Crippen LogP contribution in [0, 0.1) is 0 Å². The van der Waals surface area contributed by atoms with Crippen LogP contribution < -0.4 is 10.6 Å². The highest BCUT2D eigenvalue weighted by molar-refractivity contribution is 6.35. The Morgan fingerprint density at radius 1 is 1.50 bits per heavy atom. The van der Waals surface area contributed by atoms with Crippen molar-refractivity contribution in [2.75, 3.05) is 6.54 Å². The van der Waals surface area contributed by atoms with Crippen LogP contribution in [0.1, 0.15) is 44.7 Å². The van der Waals surface area contributed by atoms with Gasteiger partial charge in [0.2, 0.25) is 5.91 Å². The maximum Gasteiger partial charge on any atom is 0.240 e. The van der Waals surface area contributed by atoms with Crippen molar-refractivity contribution in [1.29, 1.82) is 0 Å². The lowest BCUT2D eigenvalue weighted by Gasteiger charge is -2.29. The molecule has 2 unspecified atom stereocenters. The number of carbonyl (C=O) groups is 1. The number of rotatable bonds is 4. The monoisotopic (exact) mass is 314 g/mol. The van der Waals surface area contributed by atoms with E-state index in [2.05, 4.69) is 10.6 Å². The Bertz CT molecular complexity index is 499. The summed E-state index contributed by atoms with van der Waals surface area (Å²) < 4.78 is 0. The van der Waals surface area contributed by atoms with E-state index >= 15 is 0 Å². The molecule has 1 fully saturated rings. The van der Waals surface area contributed by atoms with Crippen LogP contribution in [0.2, 0.25) is 10.0 Å². The summed E-state index contributed by atoms with van der Waals surface area (Å²) in [5.74, 6) is 0.0519. The molecule has 110 valence electrons. The van der Waals surface area contributed by atoms with Crippen molar-refractivity contribution in [2.24, 2.45) is 0 Å². The molecular formula is C15H20Cl2N2O. The molecule has 0 aromatic heterocycles. The summed E-state index contributed by atoms with van der Waals surface area (Å²) in [6.07, 6.45) is 2.72. The largest absolute Gasteiger partial charge is 0.348 e. The number of hydrogen-bond donors (Lipinski definition) is 2. The number of hydrogen-bond acceptors (Lipinski definition) is 2. The average molecular weight is 315 g/mol. The minimum absolute atomic E-state index is 0.0519. The van der Waals surface area contributed by atoms with E-state index in [1.54, 1.807) is 12.1 Å². The van der Waals surface area contributed by atoms with E-state index in [0.717, 1.165) is 31.4 Å². The second-order valence-corrected chi connectivity index (χ2v) is 6.17. The molecule has 20 heavy (non-hydrogen) atoms. The van der Waals surface area contributed by atoms with Gasteiger partial charge in [-0.05, 0) is 50.4 Å². The highest BCUT2D eigenvalue weighted by Crippen LogP contribution is 2.28. The standard InChI is InChI=1S/C15H20Cl2N2O/c1-3-15(7-4-8-18-15)14(20)19-10(2)12-6-5-11(16)9-13(12)17/h5-6,9-10,18H,3-4,7-8H2,1-2H3,(H,19,20). The van der Waals surface area contributed by atoms with Gasteiger partial charge in [-0.1, -0.05) is 36.2 Å². The van der Waals surface area contributed by atoms with Crippen molar-refractivity contribution in [2.45, 2.75) is 44.7 Å². The smallest absolute Gasteiger partial charge is 0.240 e. The van der Waals surface area contributed by atoms with Crippen molar-refractivity contribution in [3.8, 4) is 0 Å². The average Bonchev–Trinajstić information content (AvgIpc) is 2.88. The number of nitrogens with one attached hydrogen (secondary N) is 2. The van der Waals surface area contributed by atoms with Gasteiger partial charge in [-0.2, -0.15) is 0 Å². The van der Waals surface area contributed by atoms with Crippen LogP contribution in [-0.4, -0.2) is 18.0 Å². The lowest BCUT2D eigenvalue weighted by Crippen LogP contribution is -2.53. The lowest BCUT2D eigenvalue weighted by atomic mass is 9.92. The minimum atomic E-state index is -0.423. The van der Waals surface area contributed by atoms with Crippen LogP contribution in [0.5, 0.6) is 0 Å². The molecule has 1 amide bonds. The third-order valence-corrected chi connectivity index (χ3v) is 4.62. The molecule has 0 aliphatic carbocycles. The molecular weight excluding hydrogens is 295 g/mol. The first-order valence-corrected chi connectivity index (χ1v) is 7.75. The topological polar surface area (TPSA) is 41.1 Å². The second kappa shape index (κ2) is 6.33. The third-order valence-electron chi connectivity index (χ3n) is 4.06. The Morgan fingerprint density at radius 3 is 2.80 bits per heavy atom. The molecule has 0 bridgehead atoms. The molecule has 1 aromatic rings. The van der Waals surface area contributed by atoms with Crippen molar-refractivity contribution >= 4 is 29.1 Å². The van der Waals surface area contributed by atoms with Crippen molar-refractivity contribution < 1.29 is 4.79 Å². The zero-order chi connectivity index (χ0) is 14.8. The zero-order valence-corrected chi connectivity index (χ0v) is 13.3. The first-order chi connectivity index (χ1) is 9.48. The first kappa shape index (κ1) is 15.6. The van der Waals surface area contributed by atoms with Crippen LogP contribution >= 0.6 is 23.2 Å². The SMILES string of the molecule is CCC1(C(=O)NC(C)c2ccc(Cl)cc2Cl)CCCN1. The van der Waals surface area contributed by atoms with Gasteiger partial charge in [0.15, 0.2) is 0 Å². The molecule has 2 rings (SSSR count). The van der Waals surface area contributed by atoms with E-state index in [0.29, 0.717) is 10.0 Å². The molecule has 1 heterocycles. The van der Waals surface area contributed by atoms with Crippen LogP contribution in [0.15, 0.2) is 18.2 Å². The number of halogens is 2. The highest BCUT2D eigenvalue weighted by atomic mass is 35.5. The fourth-order valence-corrected chi connectivity index (χ4v) is 3.30. The number of benzene rings is 1. The molecule has 3 nitrogen and oxygen atoms in total. The van der Waals surface area contributed by atoms with Gasteiger partial charge in [0, 0.05) is 10.0 Å². The predicted octanol–water partition coefficient (Wildman–Crippen LogP) is 3.70. The lowest BCUT2D eigenvalue weighted by molar-refractivity contribution is -0.128. The van der Waals surface area contributed by atoms with Crippen molar-refractivity contribution in [3.63, 3.8) is 0 Å². The molecule has 1 aromatic carbocycles. The van der Waals surface area contributed by atoms with Crippen LogP contribution in [-0.2, 0) is 4.79 Å². The van der Waals surface area contributed by atoms with Crippen LogP contribution in [0.4, 0.5) is 0 Å². The summed E-state index contributed by atoms with van der Waals surface area (Å²) >= 11 is 12.1. The minimum Gasteiger partial charge on any atom is -0.348 e. The van der Waals surface area contributed by atoms with Gasteiger partial charge >= 0.3 is 0 Å². The predicted molar refractivity (Wildman–Crippen MR) is 83.3 cm³/mol. The summed E-state index contributed by atoms with van der Waals surface area (Å²) in [6, 6.07) is 5.20. The fourth-order valence-electron chi connectivity index (χ4n) is 2.73. The Morgan fingerprint density at radius 2 is 2.25 bits per heavy atom. The maximum absolute atomic E-state index is 12.5. The van der Waals surface area contributed by atoms with Crippen LogP contribution in [0.3, 0.4) is 0 Å². The van der Waals surface area contributed by atoms with E-state index < -0.39 is 5.54 Å². The van der Waals surface area contributed by atoms with Gasteiger partial charge in [-0.25, -0.2) is 0 Å². The van der Waals surface area contributed by atoms with Gasteiger partial charge in [-0.15, -0.1) is 0 Å². The summed E-state index contributed by atoms with van der Waals surface area (Å²) in [6.45, 7) is 4.88. The summed E-state index contributed by atoms with van der Waals surface area (Å²) in [7, 11) is 0. The van der Waals surface area contributed by atoms with E-state index in [1.807, 2.05) is 19.9 Å². The Kier molecular flexibility index (Phi) is 4.95. The normalized spacial score (nSPS) is 23.6. The quantitative estimate of drug-likeness (QED) is 0.889. The Hall–Kier alpha value is -0.770. The molecule has 1 aliphatic rings. The van der Waals surface area contributed by atoms with Crippen molar-refractivity contribution in [3.05, 3.63) is 33.8 Å². The molecule has 2 N–H and O–H groups in total. The third kappa shape index (κ3) is 3.11. The highest BCUT2D eigenvalue weighted by Gasteiger charge is 2.39. The van der Waals surface area contributed by atoms with E-state index in [9.17, 15) is 4.79 Å². The maximum atomic E-state index is 12.5. The number of carbonyl (C=O) groups excluding carboxylic acids is 1. The number of amides is 1. The fraction of sp³-hybridized carbons (Fsp3) is 0.533. The van der Waals surface area contributed by atoms with Crippen molar-refractivity contribution in [1.82, 2.24) is 10.6 Å². The summed E-state index contributed by atoms with van der Waals surface area (Å²) in [5, 5.41) is 7.57. The molecule has 0 radical (unpaired) electrons. The first-order valence-electron chi connectivity index (χ1n) is 6.99. The zero-order valence-electron chi connectivity index (χ0n) is 11.8. The van der Waals surface area contributed by atoms with E-state index in [1.165, 1.54) is 0 Å². The molecule has 5 heteroatoms. The van der Waals surface area contributed by atoms with E-state index in [-0.39, 0.29) is 11.9 Å². The summed E-state index contributed by atoms with van der Waals surface area (Å²) in [4.78, 5) is 12.5. The Balaban J connectivity index is 2.10. The van der Waals surface area contributed by atoms with Gasteiger partial charge < -0.3 is 10.6 Å². The van der Waals surface area contributed by atoms with Gasteiger partial charge in [-0.3, -0.25) is 4.79 Å². The van der Waals surface area contributed by atoms with Crippen LogP contribution in [0.25, 0.3) is 0 Å². The second-order valence-electron chi connectivity index (χ2n) is 5.33.